The smallest absolute Gasteiger partial charge is 0.335 e. The second kappa shape index (κ2) is 4.13. The zero-order valence-electron chi connectivity index (χ0n) is 6.41. The lowest BCUT2D eigenvalue weighted by molar-refractivity contribution is -0.152. The molecule has 0 aromatic heterocycles. The van der Waals surface area contributed by atoms with Gasteiger partial charge < -0.3 is 9.47 Å². The number of rotatable bonds is 3. The van der Waals surface area contributed by atoms with Crippen molar-refractivity contribution < 1.29 is 14.3 Å². The van der Waals surface area contributed by atoms with Gasteiger partial charge in [0.15, 0.2) is 6.10 Å². The molecule has 0 aromatic carbocycles. The molecule has 3 nitrogen and oxygen atoms in total. The Bertz CT molecular complexity index is 147. The van der Waals surface area contributed by atoms with Gasteiger partial charge in [-0.3, -0.25) is 0 Å². The van der Waals surface area contributed by atoms with Gasteiger partial charge in [-0.2, -0.15) is 0 Å². The van der Waals surface area contributed by atoms with Gasteiger partial charge in [0, 0.05) is 6.61 Å². The van der Waals surface area contributed by atoms with Gasteiger partial charge in [-0.15, -0.1) is 0 Å². The second-order valence-electron chi connectivity index (χ2n) is 2.42. The van der Waals surface area contributed by atoms with Crippen LogP contribution in [0, 0.1) is 0 Å². The van der Waals surface area contributed by atoms with Crippen molar-refractivity contribution in [2.75, 3.05) is 13.2 Å². The van der Waals surface area contributed by atoms with Crippen molar-refractivity contribution in [3.63, 3.8) is 0 Å². The molecular formula is C8H12O3. The monoisotopic (exact) mass is 156 g/mol. The van der Waals surface area contributed by atoms with Crippen molar-refractivity contribution in [3.8, 4) is 0 Å². The molecule has 0 N–H and O–H groups in total. The summed E-state index contributed by atoms with van der Waals surface area (Å²) in [6.45, 7) is 4.39. The third kappa shape index (κ3) is 2.35. The average molecular weight is 156 g/mol. The maximum absolute atomic E-state index is 11.0. The van der Waals surface area contributed by atoms with Crippen LogP contribution >= 0.6 is 0 Å². The Balaban J connectivity index is 2.22. The molecule has 1 heterocycles. The lowest BCUT2D eigenvalue weighted by atomic mass is 10.2. The van der Waals surface area contributed by atoms with Crippen LogP contribution in [0.3, 0.4) is 0 Å². The summed E-state index contributed by atoms with van der Waals surface area (Å²) in [5.74, 6) is -0.262. The molecule has 0 saturated carbocycles. The third-order valence-electron chi connectivity index (χ3n) is 1.54. The highest BCUT2D eigenvalue weighted by molar-refractivity contribution is 5.74. The number of hydrogen-bond donors (Lipinski definition) is 0. The molecule has 0 radical (unpaired) electrons. The van der Waals surface area contributed by atoms with Crippen LogP contribution in [0.1, 0.15) is 12.8 Å². The Kier molecular flexibility index (Phi) is 3.11. The first-order valence-electron chi connectivity index (χ1n) is 3.73. The van der Waals surface area contributed by atoms with Crippen LogP contribution < -0.4 is 0 Å². The van der Waals surface area contributed by atoms with E-state index in [4.69, 9.17) is 9.47 Å². The normalized spacial score (nSPS) is 23.1. The van der Waals surface area contributed by atoms with Crippen LogP contribution in [0.15, 0.2) is 12.7 Å². The molecule has 1 atom stereocenters. The largest absolute Gasteiger partial charge is 0.460 e. The van der Waals surface area contributed by atoms with Gasteiger partial charge in [-0.1, -0.05) is 12.7 Å². The van der Waals surface area contributed by atoms with Crippen LogP contribution in [0.5, 0.6) is 0 Å². The van der Waals surface area contributed by atoms with E-state index in [-0.39, 0.29) is 18.7 Å². The predicted octanol–water partition coefficient (Wildman–Crippen LogP) is 0.895. The van der Waals surface area contributed by atoms with Gasteiger partial charge in [0.1, 0.15) is 6.61 Å². The minimum atomic E-state index is -0.324. The van der Waals surface area contributed by atoms with Gasteiger partial charge in [-0.25, -0.2) is 4.79 Å². The van der Waals surface area contributed by atoms with E-state index in [2.05, 4.69) is 6.58 Å². The Morgan fingerprint density at radius 1 is 1.82 bits per heavy atom. The van der Waals surface area contributed by atoms with Crippen molar-refractivity contribution in [1.29, 1.82) is 0 Å². The van der Waals surface area contributed by atoms with E-state index in [0.29, 0.717) is 6.61 Å². The number of carbonyl (C=O) groups excluding carboxylic acids is 1. The number of esters is 1. The molecule has 0 aliphatic carbocycles. The predicted molar refractivity (Wildman–Crippen MR) is 40.1 cm³/mol. The van der Waals surface area contributed by atoms with E-state index < -0.39 is 0 Å². The summed E-state index contributed by atoms with van der Waals surface area (Å²) in [6.07, 6.45) is 2.96. The van der Waals surface area contributed by atoms with Crippen molar-refractivity contribution in [2.45, 2.75) is 18.9 Å². The van der Waals surface area contributed by atoms with Gasteiger partial charge in [0.05, 0.1) is 0 Å². The van der Waals surface area contributed by atoms with Crippen LogP contribution in [0.4, 0.5) is 0 Å². The molecule has 0 unspecified atom stereocenters. The fourth-order valence-corrected chi connectivity index (χ4v) is 0.998. The molecule has 1 aliphatic rings. The minimum absolute atomic E-state index is 0.262. The highest BCUT2D eigenvalue weighted by atomic mass is 16.6. The highest BCUT2D eigenvalue weighted by Gasteiger charge is 2.24. The van der Waals surface area contributed by atoms with E-state index in [0.717, 1.165) is 12.8 Å². The Hall–Kier alpha value is -0.830. The molecule has 0 bridgehead atoms. The van der Waals surface area contributed by atoms with Crippen molar-refractivity contribution >= 4 is 5.97 Å². The fourth-order valence-electron chi connectivity index (χ4n) is 0.998. The lowest BCUT2D eigenvalue weighted by Gasteiger charge is -2.06. The average Bonchev–Trinajstić information content (AvgIpc) is 2.52. The minimum Gasteiger partial charge on any atom is -0.460 e. The molecule has 0 amide bonds. The first kappa shape index (κ1) is 8.27. The second-order valence-corrected chi connectivity index (χ2v) is 2.42. The summed E-state index contributed by atoms with van der Waals surface area (Å²) in [4.78, 5) is 11.0. The highest BCUT2D eigenvalue weighted by Crippen LogP contribution is 2.12. The molecule has 1 saturated heterocycles. The van der Waals surface area contributed by atoms with Gasteiger partial charge in [0.2, 0.25) is 0 Å². The number of ether oxygens (including phenoxy) is 2. The van der Waals surface area contributed by atoms with Crippen LogP contribution in [0.2, 0.25) is 0 Å². The molecule has 1 aliphatic heterocycles. The molecule has 3 heteroatoms. The van der Waals surface area contributed by atoms with E-state index >= 15 is 0 Å². The molecule has 62 valence electrons. The van der Waals surface area contributed by atoms with Gasteiger partial charge >= 0.3 is 5.97 Å². The van der Waals surface area contributed by atoms with E-state index in [1.54, 1.807) is 6.08 Å². The summed E-state index contributed by atoms with van der Waals surface area (Å²) in [5, 5.41) is 0. The van der Waals surface area contributed by atoms with E-state index in [1.165, 1.54) is 0 Å². The van der Waals surface area contributed by atoms with Crippen LogP contribution in [-0.2, 0) is 14.3 Å². The topological polar surface area (TPSA) is 35.5 Å². The van der Waals surface area contributed by atoms with E-state index in [1.807, 2.05) is 0 Å². The van der Waals surface area contributed by atoms with Crippen LogP contribution in [0.25, 0.3) is 0 Å². The van der Waals surface area contributed by atoms with Gasteiger partial charge in [0.25, 0.3) is 0 Å². The first-order chi connectivity index (χ1) is 5.34. The van der Waals surface area contributed by atoms with Crippen LogP contribution in [-0.4, -0.2) is 25.3 Å². The Morgan fingerprint density at radius 3 is 3.18 bits per heavy atom. The summed E-state index contributed by atoms with van der Waals surface area (Å²) in [6, 6.07) is 0. The van der Waals surface area contributed by atoms with E-state index in [9.17, 15) is 4.79 Å². The standard InChI is InChI=1S/C8H12O3/c1-2-5-11-8(9)7-4-3-6-10-7/h2,7H,1,3-6H2/t7-/m1/s1. The molecule has 0 aromatic rings. The molecule has 0 spiro atoms. The SMILES string of the molecule is C=CCOC(=O)[C@H]1CCCO1. The lowest BCUT2D eigenvalue weighted by Crippen LogP contribution is -2.22. The quantitative estimate of drug-likeness (QED) is 0.449. The Morgan fingerprint density at radius 2 is 2.64 bits per heavy atom. The summed E-state index contributed by atoms with van der Waals surface area (Å²) < 4.78 is 9.90. The van der Waals surface area contributed by atoms with Crippen molar-refractivity contribution in [3.05, 3.63) is 12.7 Å². The first-order valence-corrected chi connectivity index (χ1v) is 3.73. The molecule has 1 rings (SSSR count). The number of carbonyl (C=O) groups is 1. The summed E-state index contributed by atoms with van der Waals surface area (Å²) in [7, 11) is 0. The fraction of sp³-hybridized carbons (Fsp3) is 0.625. The molecule has 11 heavy (non-hydrogen) atoms. The summed E-state index contributed by atoms with van der Waals surface area (Å²) in [5.41, 5.74) is 0. The number of hydrogen-bond acceptors (Lipinski definition) is 3. The zero-order chi connectivity index (χ0) is 8.10. The maximum atomic E-state index is 11.0. The van der Waals surface area contributed by atoms with Crippen molar-refractivity contribution in [2.24, 2.45) is 0 Å². The van der Waals surface area contributed by atoms with Crippen molar-refractivity contribution in [1.82, 2.24) is 0 Å². The molecular weight excluding hydrogens is 144 g/mol. The molecule has 1 fully saturated rings. The summed E-state index contributed by atoms with van der Waals surface area (Å²) >= 11 is 0. The van der Waals surface area contributed by atoms with Gasteiger partial charge in [-0.05, 0) is 12.8 Å². The third-order valence-corrected chi connectivity index (χ3v) is 1.54. The maximum Gasteiger partial charge on any atom is 0.335 e. The zero-order valence-corrected chi connectivity index (χ0v) is 6.41. The Labute approximate surface area is 66.0 Å².